The Morgan fingerprint density at radius 1 is 1.30 bits per heavy atom. The molecular weight excluding hydrogens is 414 g/mol. The molecule has 0 unspecified atom stereocenters. The summed E-state index contributed by atoms with van der Waals surface area (Å²) in [6, 6.07) is 5.90. The van der Waals surface area contributed by atoms with Gasteiger partial charge in [-0.3, -0.25) is 9.78 Å². The molecule has 4 rings (SSSR count). The van der Waals surface area contributed by atoms with Crippen molar-refractivity contribution in [1.29, 1.82) is 5.26 Å². The zero-order valence-electron chi connectivity index (χ0n) is 16.9. The minimum absolute atomic E-state index is 0.0196. The first-order valence-corrected chi connectivity index (χ1v) is 11.4. The smallest absolute Gasteiger partial charge is 0.255 e. The average molecular weight is 436 g/mol. The van der Waals surface area contributed by atoms with E-state index in [1.165, 1.54) is 0 Å². The van der Waals surface area contributed by atoms with Gasteiger partial charge in [-0.25, -0.2) is 9.97 Å². The molecule has 0 aromatic carbocycles. The van der Waals surface area contributed by atoms with Crippen molar-refractivity contribution in [2.45, 2.75) is 33.1 Å². The standard InChI is InChI=1S/C22H21N5OS2/c1-14-21(30-15(2)25-14)19-13-29-20(26-19)11-18-4-3-17(12-24-18)22(28)27-9-6-16(5-8-23)7-10-27/h3-4,6,12-13H,5,7,9-11H2,1-2H3. The van der Waals surface area contributed by atoms with E-state index in [0.29, 0.717) is 31.5 Å². The molecule has 3 aromatic rings. The van der Waals surface area contributed by atoms with Crippen LogP contribution in [0.1, 0.15) is 44.6 Å². The summed E-state index contributed by atoms with van der Waals surface area (Å²) in [7, 11) is 0. The van der Waals surface area contributed by atoms with E-state index in [2.05, 4.69) is 21.4 Å². The van der Waals surface area contributed by atoms with Crippen molar-refractivity contribution < 1.29 is 4.79 Å². The molecule has 30 heavy (non-hydrogen) atoms. The quantitative estimate of drug-likeness (QED) is 0.549. The fourth-order valence-electron chi connectivity index (χ4n) is 3.42. The fraction of sp³-hybridized carbons (Fsp3) is 0.318. The Hall–Kier alpha value is -2.89. The van der Waals surface area contributed by atoms with Gasteiger partial charge in [0, 0.05) is 36.8 Å². The third kappa shape index (κ3) is 4.48. The fourth-order valence-corrected chi connectivity index (χ4v) is 5.17. The molecule has 8 heteroatoms. The highest BCUT2D eigenvalue weighted by Gasteiger charge is 2.19. The van der Waals surface area contributed by atoms with Gasteiger partial charge in [0.2, 0.25) is 0 Å². The minimum atomic E-state index is -0.0196. The van der Waals surface area contributed by atoms with Gasteiger partial charge >= 0.3 is 0 Å². The highest BCUT2D eigenvalue weighted by atomic mass is 32.1. The van der Waals surface area contributed by atoms with E-state index in [1.807, 2.05) is 32.1 Å². The lowest BCUT2D eigenvalue weighted by atomic mass is 10.0. The third-order valence-electron chi connectivity index (χ3n) is 4.99. The molecule has 1 aliphatic rings. The number of carbonyl (C=O) groups is 1. The van der Waals surface area contributed by atoms with Crippen molar-refractivity contribution in [3.8, 4) is 16.6 Å². The van der Waals surface area contributed by atoms with E-state index in [9.17, 15) is 4.79 Å². The van der Waals surface area contributed by atoms with Crippen LogP contribution in [0.2, 0.25) is 0 Å². The molecule has 0 radical (unpaired) electrons. The number of rotatable bonds is 5. The SMILES string of the molecule is Cc1nc(C)c(-c2csc(Cc3ccc(C(=O)N4CC=C(CC#N)CC4)cn3)n2)s1. The Morgan fingerprint density at radius 3 is 2.80 bits per heavy atom. The highest BCUT2D eigenvalue weighted by molar-refractivity contribution is 7.15. The van der Waals surface area contributed by atoms with Crippen LogP contribution in [0.5, 0.6) is 0 Å². The number of amides is 1. The van der Waals surface area contributed by atoms with Gasteiger partial charge in [0.1, 0.15) is 0 Å². The largest absolute Gasteiger partial charge is 0.335 e. The van der Waals surface area contributed by atoms with Gasteiger partial charge < -0.3 is 4.90 Å². The molecule has 4 heterocycles. The summed E-state index contributed by atoms with van der Waals surface area (Å²) in [6.07, 6.45) is 5.48. The topological polar surface area (TPSA) is 82.8 Å². The summed E-state index contributed by atoms with van der Waals surface area (Å²) >= 11 is 3.28. The summed E-state index contributed by atoms with van der Waals surface area (Å²) in [4.78, 5) is 29.3. The van der Waals surface area contributed by atoms with E-state index in [0.717, 1.165) is 44.0 Å². The second kappa shape index (κ2) is 8.86. The van der Waals surface area contributed by atoms with Crippen molar-refractivity contribution in [3.63, 3.8) is 0 Å². The molecular formula is C22H21N5OS2. The normalized spacial score (nSPS) is 13.8. The molecule has 6 nitrogen and oxygen atoms in total. The van der Waals surface area contributed by atoms with Gasteiger partial charge in [-0.05, 0) is 32.4 Å². The first-order valence-electron chi connectivity index (χ1n) is 9.71. The maximum Gasteiger partial charge on any atom is 0.255 e. The predicted molar refractivity (Wildman–Crippen MR) is 119 cm³/mol. The van der Waals surface area contributed by atoms with Crippen molar-refractivity contribution in [2.75, 3.05) is 13.1 Å². The third-order valence-corrected chi connectivity index (χ3v) is 6.93. The van der Waals surface area contributed by atoms with E-state index in [4.69, 9.17) is 10.2 Å². The summed E-state index contributed by atoms with van der Waals surface area (Å²) in [5.41, 5.74) is 4.58. The molecule has 0 aliphatic carbocycles. The van der Waals surface area contributed by atoms with Crippen LogP contribution in [-0.4, -0.2) is 38.8 Å². The molecule has 0 saturated heterocycles. The van der Waals surface area contributed by atoms with Crippen LogP contribution in [-0.2, 0) is 6.42 Å². The number of pyridine rings is 1. The summed E-state index contributed by atoms with van der Waals surface area (Å²) in [6.45, 7) is 5.21. The molecule has 0 atom stereocenters. The summed E-state index contributed by atoms with van der Waals surface area (Å²) in [5.74, 6) is -0.0196. The number of thiazole rings is 2. The highest BCUT2D eigenvalue weighted by Crippen LogP contribution is 2.31. The number of hydrogen-bond acceptors (Lipinski definition) is 7. The molecule has 0 N–H and O–H groups in total. The second-order valence-corrected chi connectivity index (χ2v) is 9.33. The van der Waals surface area contributed by atoms with Crippen molar-refractivity contribution in [2.24, 2.45) is 0 Å². The van der Waals surface area contributed by atoms with Gasteiger partial charge in [-0.15, -0.1) is 22.7 Å². The predicted octanol–water partition coefficient (Wildman–Crippen LogP) is 4.56. The number of aryl methyl sites for hydroxylation is 2. The maximum absolute atomic E-state index is 12.7. The molecule has 152 valence electrons. The number of nitrogens with zero attached hydrogens (tertiary/aromatic N) is 5. The zero-order valence-corrected chi connectivity index (χ0v) is 18.5. The minimum Gasteiger partial charge on any atom is -0.335 e. The maximum atomic E-state index is 12.7. The van der Waals surface area contributed by atoms with Crippen LogP contribution in [0.25, 0.3) is 10.6 Å². The molecule has 3 aromatic heterocycles. The molecule has 1 aliphatic heterocycles. The van der Waals surface area contributed by atoms with Gasteiger partial charge in [0.15, 0.2) is 0 Å². The first-order chi connectivity index (χ1) is 14.5. The van der Waals surface area contributed by atoms with Crippen LogP contribution in [0, 0.1) is 25.2 Å². The first kappa shape index (κ1) is 20.4. The van der Waals surface area contributed by atoms with Crippen molar-refractivity contribution in [1.82, 2.24) is 19.9 Å². The van der Waals surface area contributed by atoms with Crippen LogP contribution >= 0.6 is 22.7 Å². The van der Waals surface area contributed by atoms with Gasteiger partial charge in [-0.2, -0.15) is 5.26 Å². The monoisotopic (exact) mass is 435 g/mol. The van der Waals surface area contributed by atoms with Gasteiger partial charge in [0.25, 0.3) is 5.91 Å². The molecule has 1 amide bonds. The lowest BCUT2D eigenvalue weighted by molar-refractivity contribution is 0.0768. The van der Waals surface area contributed by atoms with E-state index >= 15 is 0 Å². The Bertz CT molecular complexity index is 1140. The van der Waals surface area contributed by atoms with Gasteiger partial charge in [-0.1, -0.05) is 11.6 Å². The number of nitriles is 1. The number of aromatic nitrogens is 3. The number of hydrogen-bond donors (Lipinski definition) is 0. The average Bonchev–Trinajstić information content (AvgIpc) is 3.34. The Labute approximate surface area is 183 Å². The second-order valence-electron chi connectivity index (χ2n) is 7.19. The van der Waals surface area contributed by atoms with Crippen molar-refractivity contribution >= 4 is 28.6 Å². The lowest BCUT2D eigenvalue weighted by Crippen LogP contribution is -2.34. The summed E-state index contributed by atoms with van der Waals surface area (Å²) in [5, 5.41) is 12.9. The molecule has 0 saturated carbocycles. The van der Waals surface area contributed by atoms with Crippen molar-refractivity contribution in [3.05, 3.63) is 62.3 Å². The zero-order chi connectivity index (χ0) is 21.1. The molecule has 0 spiro atoms. The summed E-state index contributed by atoms with van der Waals surface area (Å²) < 4.78 is 0. The number of carbonyl (C=O) groups excluding carboxylic acids is 1. The lowest BCUT2D eigenvalue weighted by Gasteiger charge is -2.25. The molecule has 0 fully saturated rings. The van der Waals surface area contributed by atoms with E-state index in [1.54, 1.807) is 33.8 Å². The van der Waals surface area contributed by atoms with Crippen LogP contribution < -0.4 is 0 Å². The Balaban J connectivity index is 1.40. The van der Waals surface area contributed by atoms with Crippen LogP contribution in [0.3, 0.4) is 0 Å². The van der Waals surface area contributed by atoms with E-state index in [-0.39, 0.29) is 5.91 Å². The van der Waals surface area contributed by atoms with Gasteiger partial charge in [0.05, 0.1) is 44.3 Å². The Morgan fingerprint density at radius 2 is 2.17 bits per heavy atom. The van der Waals surface area contributed by atoms with E-state index < -0.39 is 0 Å². The Kier molecular flexibility index (Phi) is 6.02. The van der Waals surface area contributed by atoms with Crippen LogP contribution in [0.15, 0.2) is 35.4 Å². The van der Waals surface area contributed by atoms with Crippen LogP contribution in [0.4, 0.5) is 0 Å². The molecule has 0 bridgehead atoms.